The quantitative estimate of drug-likeness (QED) is 0.398. The average molecular weight is 215 g/mol. The molecule has 0 aliphatic rings. The van der Waals surface area contributed by atoms with Crippen molar-refractivity contribution in [2.45, 2.75) is 19.3 Å². The molecule has 15 heavy (non-hydrogen) atoms. The van der Waals surface area contributed by atoms with E-state index in [-0.39, 0.29) is 12.1 Å². The Morgan fingerprint density at radius 3 is 2.80 bits per heavy atom. The minimum Gasteiger partial charge on any atom is -0.358 e. The fourth-order valence-electron chi connectivity index (χ4n) is 1.21. The Kier molecular flexibility index (Phi) is 4.19. The Morgan fingerprint density at radius 1 is 1.60 bits per heavy atom. The highest BCUT2D eigenvalue weighted by molar-refractivity contribution is 5.15. The molecule has 0 amide bonds. The highest BCUT2D eigenvalue weighted by Crippen LogP contribution is 2.11. The summed E-state index contributed by atoms with van der Waals surface area (Å²) in [5, 5.41) is 14.4. The average Bonchev–Trinajstić information content (AvgIpc) is 2.67. The number of aryl methyl sites for hydroxylation is 1. The second-order valence-corrected chi connectivity index (χ2v) is 2.86. The van der Waals surface area contributed by atoms with Crippen LogP contribution in [0.15, 0.2) is 12.3 Å². The van der Waals surface area contributed by atoms with Gasteiger partial charge in [0.25, 0.3) is 0 Å². The van der Waals surface area contributed by atoms with E-state index in [1.165, 1.54) is 31.2 Å². The first-order valence-electron chi connectivity index (χ1n) is 4.40. The predicted octanol–water partition coefficient (Wildman–Crippen LogP) is 0.800. The van der Waals surface area contributed by atoms with Crippen LogP contribution < -0.4 is 0 Å². The van der Waals surface area contributed by atoms with Crippen LogP contribution in [0, 0.1) is 10.1 Å². The van der Waals surface area contributed by atoms with Gasteiger partial charge in [-0.05, 0) is 4.92 Å². The lowest BCUT2D eigenvalue weighted by Gasteiger charge is -2.11. The molecule has 0 bridgehead atoms. The van der Waals surface area contributed by atoms with Gasteiger partial charge in [-0.3, -0.25) is 0 Å². The van der Waals surface area contributed by atoms with Crippen LogP contribution in [0.5, 0.6) is 0 Å². The molecular weight excluding hydrogens is 202 g/mol. The maximum Gasteiger partial charge on any atom is 0.344 e. The largest absolute Gasteiger partial charge is 0.358 e. The van der Waals surface area contributed by atoms with Gasteiger partial charge in [0.15, 0.2) is 6.29 Å². The molecule has 84 valence electrons. The summed E-state index contributed by atoms with van der Waals surface area (Å²) in [6.07, 6.45) is 1.54. The van der Waals surface area contributed by atoms with Gasteiger partial charge in [-0.15, -0.1) is 4.68 Å². The highest BCUT2D eigenvalue weighted by Gasteiger charge is 2.15. The molecule has 0 atom stereocenters. The van der Waals surface area contributed by atoms with E-state index in [0.717, 1.165) is 0 Å². The Bertz CT molecular complexity index is 321. The van der Waals surface area contributed by atoms with Crippen LogP contribution in [0.4, 0.5) is 5.82 Å². The van der Waals surface area contributed by atoms with E-state index in [4.69, 9.17) is 9.47 Å². The minimum absolute atomic E-state index is 0.0269. The fraction of sp³-hybridized carbons (Fsp3) is 0.625. The Labute approximate surface area is 86.7 Å². The first kappa shape index (κ1) is 11.6. The third kappa shape index (κ3) is 3.00. The zero-order valence-electron chi connectivity index (χ0n) is 8.62. The maximum atomic E-state index is 10.5. The third-order valence-corrected chi connectivity index (χ3v) is 1.98. The number of methoxy groups -OCH3 is 2. The van der Waals surface area contributed by atoms with E-state index in [0.29, 0.717) is 13.0 Å². The van der Waals surface area contributed by atoms with Gasteiger partial charge in [-0.1, -0.05) is 5.10 Å². The molecule has 0 fully saturated rings. The molecule has 1 aromatic heterocycles. The van der Waals surface area contributed by atoms with Crippen LogP contribution >= 0.6 is 0 Å². The molecule has 1 aromatic rings. The fourth-order valence-corrected chi connectivity index (χ4v) is 1.21. The Balaban J connectivity index is 2.57. The molecule has 7 nitrogen and oxygen atoms in total. The molecule has 7 heteroatoms. The monoisotopic (exact) mass is 215 g/mol. The Hall–Kier alpha value is -1.47. The van der Waals surface area contributed by atoms with Crippen molar-refractivity contribution in [3.05, 3.63) is 22.4 Å². The summed E-state index contributed by atoms with van der Waals surface area (Å²) in [6.45, 7) is 0.385. The van der Waals surface area contributed by atoms with Crippen LogP contribution in [0.25, 0.3) is 0 Å². The zero-order chi connectivity index (χ0) is 11.3. The SMILES string of the molecule is COC(CCn1nccc1[N+](=O)[O-])OC. The highest BCUT2D eigenvalue weighted by atomic mass is 16.7. The molecule has 0 radical (unpaired) electrons. The van der Waals surface area contributed by atoms with Crippen LogP contribution in [-0.4, -0.2) is 35.2 Å². The van der Waals surface area contributed by atoms with Gasteiger partial charge in [0.1, 0.15) is 6.54 Å². The van der Waals surface area contributed by atoms with E-state index in [2.05, 4.69) is 5.10 Å². The molecule has 0 saturated carbocycles. The molecule has 0 N–H and O–H groups in total. The summed E-state index contributed by atoms with van der Waals surface area (Å²) in [5.74, 6) is -0.0269. The van der Waals surface area contributed by atoms with Crippen molar-refractivity contribution in [1.82, 2.24) is 9.78 Å². The molecule has 0 spiro atoms. The summed E-state index contributed by atoms with van der Waals surface area (Å²) in [4.78, 5) is 10.1. The molecule has 0 saturated heterocycles. The summed E-state index contributed by atoms with van der Waals surface area (Å²) >= 11 is 0. The molecule has 0 aromatic carbocycles. The number of hydrogen-bond donors (Lipinski definition) is 0. The lowest BCUT2D eigenvalue weighted by atomic mass is 10.4. The van der Waals surface area contributed by atoms with Gasteiger partial charge >= 0.3 is 5.82 Å². The maximum absolute atomic E-state index is 10.5. The van der Waals surface area contributed by atoms with Gasteiger partial charge < -0.3 is 19.6 Å². The minimum atomic E-state index is -0.471. The van der Waals surface area contributed by atoms with Gasteiger partial charge in [0.05, 0.1) is 12.3 Å². The molecule has 0 aliphatic heterocycles. The Morgan fingerprint density at radius 2 is 2.27 bits per heavy atom. The zero-order valence-corrected chi connectivity index (χ0v) is 8.62. The number of rotatable bonds is 6. The van der Waals surface area contributed by atoms with Crippen LogP contribution in [-0.2, 0) is 16.0 Å². The topological polar surface area (TPSA) is 79.4 Å². The van der Waals surface area contributed by atoms with Crippen molar-refractivity contribution in [3.63, 3.8) is 0 Å². The predicted molar refractivity (Wildman–Crippen MR) is 51.3 cm³/mol. The lowest BCUT2D eigenvalue weighted by Crippen LogP contribution is -2.17. The van der Waals surface area contributed by atoms with E-state index in [1.54, 1.807) is 0 Å². The first-order valence-corrected chi connectivity index (χ1v) is 4.40. The van der Waals surface area contributed by atoms with Gasteiger partial charge in [0, 0.05) is 20.6 Å². The van der Waals surface area contributed by atoms with Crippen molar-refractivity contribution >= 4 is 5.82 Å². The first-order chi connectivity index (χ1) is 7.19. The summed E-state index contributed by atoms with van der Waals surface area (Å²) in [7, 11) is 3.04. The van der Waals surface area contributed by atoms with Crippen molar-refractivity contribution in [2.75, 3.05) is 14.2 Å². The summed E-state index contributed by atoms with van der Waals surface area (Å²) in [5.41, 5.74) is 0. The lowest BCUT2D eigenvalue weighted by molar-refractivity contribution is -0.392. The number of nitrogens with zero attached hydrogens (tertiary/aromatic N) is 3. The van der Waals surface area contributed by atoms with E-state index >= 15 is 0 Å². The molecule has 0 aliphatic carbocycles. The van der Waals surface area contributed by atoms with Crippen LogP contribution in [0.1, 0.15) is 6.42 Å². The van der Waals surface area contributed by atoms with Crippen LogP contribution in [0.3, 0.4) is 0 Å². The molecule has 1 rings (SSSR count). The van der Waals surface area contributed by atoms with Gasteiger partial charge in [0.2, 0.25) is 0 Å². The second kappa shape index (κ2) is 5.42. The standard InChI is InChI=1S/C8H13N3O4/c1-14-8(15-2)4-6-10-7(11(12)13)3-5-9-10/h3,5,8H,4,6H2,1-2H3. The summed E-state index contributed by atoms with van der Waals surface area (Å²) < 4.78 is 11.2. The van der Waals surface area contributed by atoms with E-state index in [1.807, 2.05) is 0 Å². The van der Waals surface area contributed by atoms with Crippen molar-refractivity contribution in [2.24, 2.45) is 0 Å². The van der Waals surface area contributed by atoms with Gasteiger partial charge in [-0.25, -0.2) is 0 Å². The molecule has 0 unspecified atom stereocenters. The second-order valence-electron chi connectivity index (χ2n) is 2.86. The molecular formula is C8H13N3O4. The summed E-state index contributed by atoms with van der Waals surface area (Å²) in [6, 6.07) is 1.36. The van der Waals surface area contributed by atoms with Crippen LogP contribution in [0.2, 0.25) is 0 Å². The number of ether oxygens (including phenoxy) is 2. The third-order valence-electron chi connectivity index (χ3n) is 1.98. The number of nitro groups is 1. The van der Waals surface area contributed by atoms with Crippen molar-refractivity contribution in [1.29, 1.82) is 0 Å². The number of aromatic nitrogens is 2. The van der Waals surface area contributed by atoms with E-state index in [9.17, 15) is 10.1 Å². The van der Waals surface area contributed by atoms with E-state index < -0.39 is 4.92 Å². The normalized spacial score (nSPS) is 10.9. The van der Waals surface area contributed by atoms with Crippen molar-refractivity contribution < 1.29 is 14.4 Å². The smallest absolute Gasteiger partial charge is 0.344 e. The van der Waals surface area contributed by atoms with Gasteiger partial charge in [-0.2, -0.15) is 0 Å². The van der Waals surface area contributed by atoms with Crippen molar-refractivity contribution in [3.8, 4) is 0 Å². The molecule has 1 heterocycles. The number of hydrogen-bond acceptors (Lipinski definition) is 5.